The van der Waals surface area contributed by atoms with Gasteiger partial charge < -0.3 is 4.74 Å². The molecule has 1 fully saturated rings. The summed E-state index contributed by atoms with van der Waals surface area (Å²) in [6, 6.07) is 6.60. The highest BCUT2D eigenvalue weighted by molar-refractivity contribution is 7.89. The SMILES string of the molecule is Cc1ccc(S(=O)(=O)NC[C@H]2C(=O)C[C@@H]3C=C[C@H]2O3)cc1. The molecule has 2 bridgehead atoms. The van der Waals surface area contributed by atoms with E-state index < -0.39 is 15.9 Å². The number of hydrogen-bond donors (Lipinski definition) is 1. The maximum atomic E-state index is 12.2. The molecular formula is C15H17NO4S. The fourth-order valence-electron chi connectivity index (χ4n) is 2.63. The van der Waals surface area contributed by atoms with Gasteiger partial charge in [0.1, 0.15) is 5.78 Å². The zero-order valence-electron chi connectivity index (χ0n) is 11.7. The van der Waals surface area contributed by atoms with Crippen molar-refractivity contribution in [1.29, 1.82) is 0 Å². The molecular weight excluding hydrogens is 290 g/mol. The van der Waals surface area contributed by atoms with E-state index in [0.29, 0.717) is 6.42 Å². The van der Waals surface area contributed by atoms with Crippen LogP contribution in [0.2, 0.25) is 0 Å². The monoisotopic (exact) mass is 307 g/mol. The quantitative estimate of drug-likeness (QED) is 0.848. The highest BCUT2D eigenvalue weighted by Crippen LogP contribution is 2.29. The molecule has 2 heterocycles. The third-order valence-electron chi connectivity index (χ3n) is 3.88. The maximum absolute atomic E-state index is 12.2. The van der Waals surface area contributed by atoms with Crippen LogP contribution in [0.5, 0.6) is 0 Å². The molecule has 0 saturated carbocycles. The fourth-order valence-corrected chi connectivity index (χ4v) is 3.69. The predicted octanol–water partition coefficient (Wildman–Crippen LogP) is 1.19. The molecule has 1 aromatic rings. The second kappa shape index (κ2) is 5.36. The predicted molar refractivity (Wildman–Crippen MR) is 77.3 cm³/mol. The van der Waals surface area contributed by atoms with Gasteiger partial charge in [-0.25, -0.2) is 13.1 Å². The first-order valence-corrected chi connectivity index (χ1v) is 8.37. The minimum atomic E-state index is -3.60. The molecule has 6 heteroatoms. The van der Waals surface area contributed by atoms with Crippen LogP contribution < -0.4 is 4.72 Å². The van der Waals surface area contributed by atoms with Crippen LogP contribution in [0.1, 0.15) is 12.0 Å². The molecule has 1 saturated heterocycles. The number of ketones is 1. The normalized spacial score (nSPS) is 28.0. The van der Waals surface area contributed by atoms with Crippen LogP contribution >= 0.6 is 0 Å². The Bertz CT molecular complexity index is 678. The average Bonchev–Trinajstić information content (AvgIpc) is 2.82. The summed E-state index contributed by atoms with van der Waals surface area (Å²) < 4.78 is 32.5. The van der Waals surface area contributed by atoms with Crippen molar-refractivity contribution in [2.75, 3.05) is 6.54 Å². The van der Waals surface area contributed by atoms with Gasteiger partial charge >= 0.3 is 0 Å². The van der Waals surface area contributed by atoms with Crippen molar-refractivity contribution < 1.29 is 17.9 Å². The number of hydrogen-bond acceptors (Lipinski definition) is 4. The minimum Gasteiger partial charge on any atom is -0.366 e. The Hall–Kier alpha value is -1.50. The van der Waals surface area contributed by atoms with E-state index in [1.807, 2.05) is 19.1 Å². The summed E-state index contributed by atoms with van der Waals surface area (Å²) in [6.07, 6.45) is 3.60. The standard InChI is InChI=1S/C15H17NO4S/c1-10-2-5-12(6-3-10)21(18,19)16-9-13-14(17)8-11-4-7-15(13)20-11/h2-7,11,13,15-16H,8-9H2,1H3/t11-,13-,15+/m0/s1. The van der Waals surface area contributed by atoms with Gasteiger partial charge in [0.05, 0.1) is 23.0 Å². The summed E-state index contributed by atoms with van der Waals surface area (Å²) in [7, 11) is -3.60. The van der Waals surface area contributed by atoms with Gasteiger partial charge in [0.15, 0.2) is 0 Å². The van der Waals surface area contributed by atoms with Gasteiger partial charge in [0.2, 0.25) is 10.0 Å². The lowest BCUT2D eigenvalue weighted by Crippen LogP contribution is -2.43. The third-order valence-corrected chi connectivity index (χ3v) is 5.32. The van der Waals surface area contributed by atoms with E-state index >= 15 is 0 Å². The van der Waals surface area contributed by atoms with Gasteiger partial charge in [0.25, 0.3) is 0 Å². The number of aryl methyl sites for hydroxylation is 1. The van der Waals surface area contributed by atoms with E-state index in [1.54, 1.807) is 24.3 Å². The van der Waals surface area contributed by atoms with E-state index in [4.69, 9.17) is 4.74 Å². The zero-order chi connectivity index (χ0) is 15.0. The van der Waals surface area contributed by atoms with E-state index in [-0.39, 0.29) is 29.4 Å². The summed E-state index contributed by atoms with van der Waals surface area (Å²) in [6.45, 7) is 1.96. The molecule has 3 atom stereocenters. The Morgan fingerprint density at radius 1 is 1.24 bits per heavy atom. The van der Waals surface area contributed by atoms with E-state index in [2.05, 4.69) is 4.72 Å². The molecule has 3 rings (SSSR count). The highest BCUT2D eigenvalue weighted by atomic mass is 32.2. The molecule has 0 amide bonds. The lowest BCUT2D eigenvalue weighted by molar-refractivity contribution is -0.135. The molecule has 0 unspecified atom stereocenters. The van der Waals surface area contributed by atoms with E-state index in [1.165, 1.54) is 0 Å². The Labute approximate surface area is 124 Å². The first-order valence-electron chi connectivity index (χ1n) is 6.88. The Balaban J connectivity index is 1.70. The second-order valence-corrected chi connectivity index (χ2v) is 7.23. The molecule has 0 spiro atoms. The van der Waals surface area contributed by atoms with Gasteiger partial charge in [-0.1, -0.05) is 29.8 Å². The van der Waals surface area contributed by atoms with Gasteiger partial charge in [-0.2, -0.15) is 0 Å². The maximum Gasteiger partial charge on any atom is 0.240 e. The van der Waals surface area contributed by atoms with Crippen LogP contribution in [-0.2, 0) is 19.6 Å². The molecule has 1 N–H and O–H groups in total. The van der Waals surface area contributed by atoms with Crippen molar-refractivity contribution in [2.45, 2.75) is 30.4 Å². The van der Waals surface area contributed by atoms with Gasteiger partial charge in [-0.3, -0.25) is 4.79 Å². The number of Topliss-reactive ketones (excluding diaryl/α,β-unsaturated/α-hetero) is 1. The largest absolute Gasteiger partial charge is 0.366 e. The molecule has 0 aliphatic carbocycles. The van der Waals surface area contributed by atoms with Crippen molar-refractivity contribution in [3.05, 3.63) is 42.0 Å². The first-order chi connectivity index (χ1) is 9.95. The Morgan fingerprint density at radius 2 is 1.95 bits per heavy atom. The van der Waals surface area contributed by atoms with Crippen LogP contribution in [0.4, 0.5) is 0 Å². The van der Waals surface area contributed by atoms with Crippen LogP contribution in [0.25, 0.3) is 0 Å². The van der Waals surface area contributed by atoms with Crippen LogP contribution in [0.3, 0.4) is 0 Å². The molecule has 2 aliphatic heterocycles. The van der Waals surface area contributed by atoms with E-state index in [0.717, 1.165) is 5.56 Å². The topological polar surface area (TPSA) is 72.5 Å². The molecule has 21 heavy (non-hydrogen) atoms. The molecule has 112 valence electrons. The Kier molecular flexibility index (Phi) is 3.69. The lowest BCUT2D eigenvalue weighted by atomic mass is 9.94. The van der Waals surface area contributed by atoms with Crippen LogP contribution in [0.15, 0.2) is 41.3 Å². The second-order valence-electron chi connectivity index (χ2n) is 5.47. The number of carbonyl (C=O) groups excluding carboxylic acids is 1. The molecule has 2 aliphatic rings. The lowest BCUT2D eigenvalue weighted by Gasteiger charge is -2.28. The fraction of sp³-hybridized carbons (Fsp3) is 0.400. The number of sulfonamides is 1. The number of fused-ring (bicyclic) bond motifs is 2. The number of ether oxygens (including phenoxy) is 1. The number of carbonyl (C=O) groups is 1. The van der Waals surface area contributed by atoms with Gasteiger partial charge in [0, 0.05) is 13.0 Å². The summed E-state index contributed by atoms with van der Waals surface area (Å²) in [4.78, 5) is 12.2. The average molecular weight is 307 g/mol. The highest BCUT2D eigenvalue weighted by Gasteiger charge is 2.39. The zero-order valence-corrected chi connectivity index (χ0v) is 12.5. The van der Waals surface area contributed by atoms with Crippen molar-refractivity contribution in [1.82, 2.24) is 4.72 Å². The van der Waals surface area contributed by atoms with Crippen LogP contribution in [0, 0.1) is 12.8 Å². The summed E-state index contributed by atoms with van der Waals surface area (Å²) >= 11 is 0. The molecule has 0 radical (unpaired) electrons. The smallest absolute Gasteiger partial charge is 0.240 e. The number of nitrogens with one attached hydrogen (secondary N) is 1. The van der Waals surface area contributed by atoms with Gasteiger partial charge in [-0.15, -0.1) is 0 Å². The van der Waals surface area contributed by atoms with Crippen molar-refractivity contribution in [3.63, 3.8) is 0 Å². The molecule has 1 aromatic carbocycles. The number of rotatable bonds is 4. The summed E-state index contributed by atoms with van der Waals surface area (Å²) in [5.41, 5.74) is 0.993. The van der Waals surface area contributed by atoms with Crippen LogP contribution in [-0.4, -0.2) is 33.0 Å². The molecule has 5 nitrogen and oxygen atoms in total. The van der Waals surface area contributed by atoms with Crippen molar-refractivity contribution in [2.24, 2.45) is 5.92 Å². The van der Waals surface area contributed by atoms with Gasteiger partial charge in [-0.05, 0) is 19.1 Å². The Morgan fingerprint density at radius 3 is 2.67 bits per heavy atom. The summed E-state index contributed by atoms with van der Waals surface area (Å²) in [5, 5.41) is 0. The summed E-state index contributed by atoms with van der Waals surface area (Å²) in [5.74, 6) is -0.395. The van der Waals surface area contributed by atoms with Crippen molar-refractivity contribution >= 4 is 15.8 Å². The van der Waals surface area contributed by atoms with E-state index in [9.17, 15) is 13.2 Å². The first kappa shape index (κ1) is 14.4. The molecule has 0 aromatic heterocycles. The van der Waals surface area contributed by atoms with Crippen molar-refractivity contribution in [3.8, 4) is 0 Å². The number of benzene rings is 1. The third kappa shape index (κ3) is 2.92. The minimum absolute atomic E-state index is 0.0489.